The zero-order chi connectivity index (χ0) is 16.9. The van der Waals surface area contributed by atoms with E-state index in [2.05, 4.69) is 16.0 Å². The standard InChI is InChI=1S/C17H17N3O4/c21-15-8-13(12-5-1-2-6-14(12)20-15)17(23)19-10-16(22)18-9-11-4-3-7-24-11/h1-7,13H,8-10H2,(H,18,22)(H,19,23)(H,20,21). The Morgan fingerprint density at radius 3 is 2.79 bits per heavy atom. The van der Waals surface area contributed by atoms with Crippen LogP contribution in [0.3, 0.4) is 0 Å². The summed E-state index contributed by atoms with van der Waals surface area (Å²) in [6.45, 7) is 0.107. The summed E-state index contributed by atoms with van der Waals surface area (Å²) in [5.41, 5.74) is 1.39. The molecule has 0 spiro atoms. The van der Waals surface area contributed by atoms with E-state index in [0.29, 0.717) is 11.4 Å². The Balaban J connectivity index is 1.55. The number of benzene rings is 1. The van der Waals surface area contributed by atoms with Crippen LogP contribution in [0.1, 0.15) is 23.7 Å². The van der Waals surface area contributed by atoms with E-state index in [1.165, 1.54) is 6.26 Å². The Labute approximate surface area is 138 Å². The number of para-hydroxylation sites is 1. The zero-order valence-electron chi connectivity index (χ0n) is 12.9. The molecule has 1 aromatic heterocycles. The van der Waals surface area contributed by atoms with Crippen LogP contribution in [0.15, 0.2) is 47.1 Å². The van der Waals surface area contributed by atoms with Crippen molar-refractivity contribution in [2.75, 3.05) is 11.9 Å². The first-order chi connectivity index (χ1) is 11.6. The quantitative estimate of drug-likeness (QED) is 0.766. The van der Waals surface area contributed by atoms with Crippen LogP contribution < -0.4 is 16.0 Å². The number of hydrogen-bond donors (Lipinski definition) is 3. The van der Waals surface area contributed by atoms with Crippen LogP contribution >= 0.6 is 0 Å². The third-order valence-electron chi connectivity index (χ3n) is 3.78. The first-order valence-electron chi connectivity index (χ1n) is 7.59. The van der Waals surface area contributed by atoms with Crippen molar-refractivity contribution in [3.63, 3.8) is 0 Å². The second-order valence-corrected chi connectivity index (χ2v) is 5.47. The molecule has 1 unspecified atom stereocenters. The van der Waals surface area contributed by atoms with Crippen LogP contribution in [-0.4, -0.2) is 24.3 Å². The van der Waals surface area contributed by atoms with E-state index in [4.69, 9.17) is 4.42 Å². The first-order valence-corrected chi connectivity index (χ1v) is 7.59. The van der Waals surface area contributed by atoms with E-state index in [1.54, 1.807) is 30.3 Å². The highest BCUT2D eigenvalue weighted by Gasteiger charge is 2.30. The maximum atomic E-state index is 12.4. The fraction of sp³-hybridized carbons (Fsp3) is 0.235. The molecule has 0 bridgehead atoms. The molecule has 3 rings (SSSR count). The summed E-state index contributed by atoms with van der Waals surface area (Å²) >= 11 is 0. The van der Waals surface area contributed by atoms with E-state index in [0.717, 1.165) is 5.56 Å². The Bertz CT molecular complexity index is 755. The second-order valence-electron chi connectivity index (χ2n) is 5.47. The van der Waals surface area contributed by atoms with Crippen LogP contribution in [0.25, 0.3) is 0 Å². The predicted molar refractivity (Wildman–Crippen MR) is 86.0 cm³/mol. The van der Waals surface area contributed by atoms with Gasteiger partial charge < -0.3 is 20.4 Å². The van der Waals surface area contributed by atoms with Gasteiger partial charge in [0.1, 0.15) is 5.76 Å². The molecule has 0 fully saturated rings. The molecule has 0 saturated heterocycles. The number of nitrogens with one attached hydrogen (secondary N) is 3. The molecule has 0 aliphatic carbocycles. The number of rotatable bonds is 5. The van der Waals surface area contributed by atoms with Gasteiger partial charge in [-0.3, -0.25) is 14.4 Å². The van der Waals surface area contributed by atoms with Crippen molar-refractivity contribution in [1.82, 2.24) is 10.6 Å². The number of carbonyl (C=O) groups excluding carboxylic acids is 3. The fourth-order valence-electron chi connectivity index (χ4n) is 2.60. The van der Waals surface area contributed by atoms with E-state index in [9.17, 15) is 14.4 Å². The normalized spacial score (nSPS) is 16.0. The Kier molecular flexibility index (Phi) is 4.60. The Morgan fingerprint density at radius 2 is 2.00 bits per heavy atom. The Morgan fingerprint density at radius 1 is 1.17 bits per heavy atom. The molecule has 2 aromatic rings. The number of anilines is 1. The highest BCUT2D eigenvalue weighted by Crippen LogP contribution is 2.31. The third-order valence-corrected chi connectivity index (χ3v) is 3.78. The minimum absolute atomic E-state index is 0.0663. The van der Waals surface area contributed by atoms with Gasteiger partial charge in [0.25, 0.3) is 0 Å². The van der Waals surface area contributed by atoms with E-state index >= 15 is 0 Å². The summed E-state index contributed by atoms with van der Waals surface area (Å²) in [5.74, 6) is -0.838. The number of fused-ring (bicyclic) bond motifs is 1. The SMILES string of the molecule is O=C(CNC(=O)C1CC(=O)Nc2ccccc21)NCc1ccco1. The smallest absolute Gasteiger partial charge is 0.239 e. The van der Waals surface area contributed by atoms with Gasteiger partial charge in [0.2, 0.25) is 17.7 Å². The second kappa shape index (κ2) is 6.99. The van der Waals surface area contributed by atoms with Gasteiger partial charge in [-0.05, 0) is 23.8 Å². The average Bonchev–Trinajstić information content (AvgIpc) is 3.10. The van der Waals surface area contributed by atoms with Crippen molar-refractivity contribution >= 4 is 23.4 Å². The maximum absolute atomic E-state index is 12.4. The summed E-state index contributed by atoms with van der Waals surface area (Å²) in [4.78, 5) is 35.9. The molecular formula is C17H17N3O4. The fourth-order valence-corrected chi connectivity index (χ4v) is 2.60. The lowest BCUT2D eigenvalue weighted by Crippen LogP contribution is -2.40. The first kappa shape index (κ1) is 15.8. The van der Waals surface area contributed by atoms with Crippen molar-refractivity contribution < 1.29 is 18.8 Å². The summed E-state index contributed by atoms with van der Waals surface area (Å²) < 4.78 is 5.11. The predicted octanol–water partition coefficient (Wildman–Crippen LogP) is 1.14. The van der Waals surface area contributed by atoms with Crippen molar-refractivity contribution in [3.05, 3.63) is 54.0 Å². The van der Waals surface area contributed by atoms with Crippen molar-refractivity contribution in [2.45, 2.75) is 18.9 Å². The summed E-state index contributed by atoms with van der Waals surface area (Å²) in [6, 6.07) is 10.6. The molecular weight excluding hydrogens is 310 g/mol. The van der Waals surface area contributed by atoms with E-state index in [1.807, 2.05) is 6.07 Å². The number of amides is 3. The molecule has 7 heteroatoms. The van der Waals surface area contributed by atoms with Gasteiger partial charge in [0.15, 0.2) is 0 Å². The van der Waals surface area contributed by atoms with Gasteiger partial charge in [-0.15, -0.1) is 0 Å². The molecule has 1 aliphatic rings. The lowest BCUT2D eigenvalue weighted by atomic mass is 9.90. The molecule has 3 amide bonds. The molecule has 7 nitrogen and oxygen atoms in total. The van der Waals surface area contributed by atoms with Gasteiger partial charge in [-0.2, -0.15) is 0 Å². The van der Waals surface area contributed by atoms with Gasteiger partial charge in [0.05, 0.1) is 25.3 Å². The topological polar surface area (TPSA) is 100 Å². The van der Waals surface area contributed by atoms with Crippen molar-refractivity contribution in [2.24, 2.45) is 0 Å². The van der Waals surface area contributed by atoms with Gasteiger partial charge >= 0.3 is 0 Å². The molecule has 3 N–H and O–H groups in total. The summed E-state index contributed by atoms with van der Waals surface area (Å²) in [6.07, 6.45) is 1.59. The molecule has 2 heterocycles. The average molecular weight is 327 g/mol. The number of hydrogen-bond acceptors (Lipinski definition) is 4. The highest BCUT2D eigenvalue weighted by atomic mass is 16.3. The van der Waals surface area contributed by atoms with E-state index < -0.39 is 5.92 Å². The maximum Gasteiger partial charge on any atom is 0.239 e. The largest absolute Gasteiger partial charge is 0.467 e. The van der Waals surface area contributed by atoms with Crippen molar-refractivity contribution in [3.8, 4) is 0 Å². The molecule has 124 valence electrons. The van der Waals surface area contributed by atoms with E-state index in [-0.39, 0.29) is 37.2 Å². The number of furan rings is 1. The van der Waals surface area contributed by atoms with Crippen molar-refractivity contribution in [1.29, 1.82) is 0 Å². The van der Waals surface area contributed by atoms with Gasteiger partial charge in [0, 0.05) is 12.1 Å². The monoisotopic (exact) mass is 327 g/mol. The molecule has 0 saturated carbocycles. The van der Waals surface area contributed by atoms with Crippen LogP contribution in [-0.2, 0) is 20.9 Å². The lowest BCUT2D eigenvalue weighted by molar-refractivity contribution is -0.128. The molecule has 1 aromatic carbocycles. The lowest BCUT2D eigenvalue weighted by Gasteiger charge is -2.24. The molecule has 0 radical (unpaired) electrons. The summed E-state index contributed by atoms with van der Waals surface area (Å²) in [5, 5.41) is 7.96. The third kappa shape index (κ3) is 3.62. The molecule has 1 aliphatic heterocycles. The van der Waals surface area contributed by atoms with Crippen LogP contribution in [0.5, 0.6) is 0 Å². The molecule has 1 atom stereocenters. The zero-order valence-corrected chi connectivity index (χ0v) is 12.9. The summed E-state index contributed by atoms with van der Waals surface area (Å²) in [7, 11) is 0. The van der Waals surface area contributed by atoms with Gasteiger partial charge in [-0.1, -0.05) is 18.2 Å². The minimum atomic E-state index is -0.590. The molecule has 24 heavy (non-hydrogen) atoms. The highest BCUT2D eigenvalue weighted by molar-refractivity contribution is 6.01. The Hall–Kier alpha value is -3.09. The van der Waals surface area contributed by atoms with Crippen LogP contribution in [0.4, 0.5) is 5.69 Å². The van der Waals surface area contributed by atoms with Crippen LogP contribution in [0.2, 0.25) is 0 Å². The van der Waals surface area contributed by atoms with Crippen LogP contribution in [0, 0.1) is 0 Å². The minimum Gasteiger partial charge on any atom is -0.467 e. The van der Waals surface area contributed by atoms with Gasteiger partial charge in [-0.25, -0.2) is 0 Å². The number of carbonyl (C=O) groups is 3.